The van der Waals surface area contributed by atoms with Crippen LogP contribution in [-0.4, -0.2) is 33.0 Å². The number of carbonyl (C=O) groups is 2. The predicted molar refractivity (Wildman–Crippen MR) is 109 cm³/mol. The first kappa shape index (κ1) is 20.3. The van der Waals surface area contributed by atoms with Crippen LogP contribution in [-0.2, 0) is 11.3 Å². The van der Waals surface area contributed by atoms with Crippen molar-refractivity contribution in [1.82, 2.24) is 26.0 Å². The lowest BCUT2D eigenvalue weighted by Crippen LogP contribution is -2.34. The number of aromatic amines is 1. The van der Waals surface area contributed by atoms with Gasteiger partial charge in [0.1, 0.15) is 16.6 Å². The number of hydrogen-bond donors (Lipinski definition) is 3. The van der Waals surface area contributed by atoms with Crippen LogP contribution in [0.25, 0.3) is 11.0 Å². The monoisotopic (exact) mass is 395 g/mol. The van der Waals surface area contributed by atoms with E-state index in [9.17, 15) is 9.59 Å². The molecule has 3 aromatic rings. The van der Waals surface area contributed by atoms with Crippen LogP contribution in [0.4, 0.5) is 4.79 Å². The smallest absolute Gasteiger partial charge is 0.408 e. The number of rotatable bonds is 5. The van der Waals surface area contributed by atoms with Crippen molar-refractivity contribution < 1.29 is 14.3 Å². The summed E-state index contributed by atoms with van der Waals surface area (Å²) in [5.41, 5.74) is 3.25. The van der Waals surface area contributed by atoms with Crippen molar-refractivity contribution in [2.75, 3.05) is 0 Å². The number of benzene rings is 2. The molecule has 3 N–H and O–H groups in total. The van der Waals surface area contributed by atoms with E-state index >= 15 is 0 Å². The normalized spacial score (nSPS) is 12.4. The van der Waals surface area contributed by atoms with E-state index in [0.717, 1.165) is 11.1 Å². The molecule has 1 atom stereocenters. The molecule has 0 radical (unpaired) electrons. The van der Waals surface area contributed by atoms with Gasteiger partial charge in [-0.2, -0.15) is 15.4 Å². The molecular weight excluding hydrogens is 370 g/mol. The third-order valence-corrected chi connectivity index (χ3v) is 4.24. The minimum Gasteiger partial charge on any atom is -0.444 e. The van der Waals surface area contributed by atoms with Crippen molar-refractivity contribution >= 4 is 23.0 Å². The average Bonchev–Trinajstić information content (AvgIpc) is 3.12. The fraction of sp³-hybridized carbons (Fsp3) is 0.333. The Morgan fingerprint density at radius 3 is 2.45 bits per heavy atom. The van der Waals surface area contributed by atoms with Crippen LogP contribution in [0, 0.1) is 0 Å². The SMILES string of the molecule is CC(NC(=O)OC(C)(C)C)c1ccc(CNC(=O)c2ccc3n[nH]nc3c2)cc1. The van der Waals surface area contributed by atoms with Gasteiger partial charge in [-0.25, -0.2) is 4.79 Å². The van der Waals surface area contributed by atoms with Crippen LogP contribution >= 0.6 is 0 Å². The van der Waals surface area contributed by atoms with Crippen molar-refractivity contribution in [3.05, 3.63) is 59.2 Å². The summed E-state index contributed by atoms with van der Waals surface area (Å²) in [6.07, 6.45) is -0.453. The fourth-order valence-corrected chi connectivity index (χ4v) is 2.76. The lowest BCUT2D eigenvalue weighted by atomic mass is 10.1. The second-order valence-corrected chi connectivity index (χ2v) is 7.82. The minimum atomic E-state index is -0.538. The van der Waals surface area contributed by atoms with Gasteiger partial charge in [0.25, 0.3) is 5.91 Å². The van der Waals surface area contributed by atoms with Gasteiger partial charge in [-0.1, -0.05) is 24.3 Å². The standard InChI is InChI=1S/C21H25N5O3/c1-13(23-20(28)29-21(2,3)4)15-7-5-14(6-8-15)12-22-19(27)16-9-10-17-18(11-16)25-26-24-17/h5-11,13H,12H2,1-4H3,(H,22,27)(H,23,28)(H,24,25,26). The minimum absolute atomic E-state index is 0.182. The Morgan fingerprint density at radius 1 is 1.07 bits per heavy atom. The van der Waals surface area contributed by atoms with Gasteiger partial charge >= 0.3 is 6.09 Å². The molecule has 29 heavy (non-hydrogen) atoms. The van der Waals surface area contributed by atoms with Crippen LogP contribution in [0.1, 0.15) is 55.2 Å². The van der Waals surface area contributed by atoms with Gasteiger partial charge in [-0.05, 0) is 57.0 Å². The first-order valence-electron chi connectivity index (χ1n) is 9.38. The zero-order valence-corrected chi connectivity index (χ0v) is 16.9. The third-order valence-electron chi connectivity index (χ3n) is 4.24. The van der Waals surface area contributed by atoms with Crippen molar-refractivity contribution in [2.24, 2.45) is 0 Å². The van der Waals surface area contributed by atoms with Crippen LogP contribution < -0.4 is 10.6 Å². The van der Waals surface area contributed by atoms with E-state index in [2.05, 4.69) is 26.0 Å². The quantitative estimate of drug-likeness (QED) is 0.613. The lowest BCUT2D eigenvalue weighted by Gasteiger charge is -2.22. The number of nitrogens with one attached hydrogen (secondary N) is 3. The number of ether oxygens (including phenoxy) is 1. The van der Waals surface area contributed by atoms with Gasteiger partial charge < -0.3 is 15.4 Å². The largest absolute Gasteiger partial charge is 0.444 e. The summed E-state index contributed by atoms with van der Waals surface area (Å²) in [5, 5.41) is 16.2. The Balaban J connectivity index is 1.54. The summed E-state index contributed by atoms with van der Waals surface area (Å²) >= 11 is 0. The molecule has 0 aliphatic rings. The molecule has 2 aromatic carbocycles. The molecule has 2 amide bonds. The molecule has 0 fully saturated rings. The number of alkyl carbamates (subject to hydrolysis) is 1. The molecule has 0 aliphatic carbocycles. The maximum Gasteiger partial charge on any atom is 0.408 e. The Bertz CT molecular complexity index is 1010. The Labute approximate surface area is 169 Å². The highest BCUT2D eigenvalue weighted by Crippen LogP contribution is 2.16. The first-order valence-corrected chi connectivity index (χ1v) is 9.38. The number of carbonyl (C=O) groups excluding carboxylic acids is 2. The summed E-state index contributed by atoms with van der Waals surface area (Å²) in [7, 11) is 0. The van der Waals surface area contributed by atoms with Gasteiger partial charge in [0, 0.05) is 12.1 Å². The molecule has 1 aromatic heterocycles. The molecule has 152 valence electrons. The molecule has 0 aliphatic heterocycles. The van der Waals surface area contributed by atoms with Crippen molar-refractivity contribution in [2.45, 2.75) is 45.9 Å². The van der Waals surface area contributed by atoms with Gasteiger partial charge in [0.2, 0.25) is 0 Å². The summed E-state index contributed by atoms with van der Waals surface area (Å²) in [6, 6.07) is 12.7. The fourth-order valence-electron chi connectivity index (χ4n) is 2.76. The number of nitrogens with zero attached hydrogens (tertiary/aromatic N) is 2. The number of H-pyrrole nitrogens is 1. The average molecular weight is 395 g/mol. The molecule has 0 saturated carbocycles. The first-order chi connectivity index (χ1) is 13.7. The van der Waals surface area contributed by atoms with Crippen molar-refractivity contribution in [1.29, 1.82) is 0 Å². The summed E-state index contributed by atoms with van der Waals surface area (Å²) in [6.45, 7) is 7.75. The van der Waals surface area contributed by atoms with Gasteiger partial charge in [0.15, 0.2) is 0 Å². The molecule has 0 spiro atoms. The summed E-state index contributed by atoms with van der Waals surface area (Å²) in [4.78, 5) is 24.3. The molecule has 0 bridgehead atoms. The zero-order chi connectivity index (χ0) is 21.0. The Kier molecular flexibility index (Phi) is 5.81. The Hall–Kier alpha value is -3.42. The van der Waals surface area contributed by atoms with Crippen LogP contribution in [0.3, 0.4) is 0 Å². The van der Waals surface area contributed by atoms with Crippen LogP contribution in [0.15, 0.2) is 42.5 Å². The maximum absolute atomic E-state index is 12.4. The molecule has 3 rings (SSSR count). The van der Waals surface area contributed by atoms with E-state index < -0.39 is 11.7 Å². The molecule has 8 heteroatoms. The Morgan fingerprint density at radius 2 is 1.76 bits per heavy atom. The van der Waals surface area contributed by atoms with Crippen molar-refractivity contribution in [3.63, 3.8) is 0 Å². The highest BCUT2D eigenvalue weighted by atomic mass is 16.6. The molecule has 8 nitrogen and oxygen atoms in total. The lowest BCUT2D eigenvalue weighted by molar-refractivity contribution is 0.0507. The van der Waals surface area contributed by atoms with Crippen LogP contribution in [0.5, 0.6) is 0 Å². The number of aromatic nitrogens is 3. The zero-order valence-electron chi connectivity index (χ0n) is 16.9. The molecule has 0 saturated heterocycles. The van der Waals surface area contributed by atoms with Gasteiger partial charge in [-0.15, -0.1) is 0 Å². The highest BCUT2D eigenvalue weighted by molar-refractivity contribution is 5.97. The van der Waals surface area contributed by atoms with E-state index in [0.29, 0.717) is 23.1 Å². The van der Waals surface area contributed by atoms with E-state index in [-0.39, 0.29) is 11.9 Å². The van der Waals surface area contributed by atoms with E-state index in [4.69, 9.17) is 4.74 Å². The summed E-state index contributed by atoms with van der Waals surface area (Å²) < 4.78 is 5.27. The maximum atomic E-state index is 12.4. The third kappa shape index (κ3) is 5.54. The predicted octanol–water partition coefficient (Wildman–Crippen LogP) is 3.47. The van der Waals surface area contributed by atoms with Crippen LogP contribution in [0.2, 0.25) is 0 Å². The van der Waals surface area contributed by atoms with Gasteiger partial charge in [-0.3, -0.25) is 4.79 Å². The topological polar surface area (TPSA) is 109 Å². The number of hydrogen-bond acceptors (Lipinski definition) is 5. The summed E-state index contributed by atoms with van der Waals surface area (Å²) in [5.74, 6) is -0.182. The highest BCUT2D eigenvalue weighted by Gasteiger charge is 2.18. The molecular formula is C21H25N5O3. The number of fused-ring (bicyclic) bond motifs is 1. The van der Waals surface area contributed by atoms with E-state index in [1.165, 1.54) is 0 Å². The molecule has 1 heterocycles. The van der Waals surface area contributed by atoms with Gasteiger partial charge in [0.05, 0.1) is 6.04 Å². The van der Waals surface area contributed by atoms with E-state index in [1.807, 2.05) is 52.0 Å². The number of amides is 2. The second kappa shape index (κ2) is 8.30. The second-order valence-electron chi connectivity index (χ2n) is 7.82. The van der Waals surface area contributed by atoms with E-state index in [1.54, 1.807) is 18.2 Å². The van der Waals surface area contributed by atoms with Crippen molar-refractivity contribution in [3.8, 4) is 0 Å². The molecule has 1 unspecified atom stereocenters.